The molecule has 0 bridgehead atoms. The average molecular weight is 474 g/mol. The highest BCUT2D eigenvalue weighted by atomic mass is 32.2. The van der Waals surface area contributed by atoms with Gasteiger partial charge in [-0.3, -0.25) is 10.1 Å². The molecule has 1 saturated heterocycles. The Bertz CT molecular complexity index is 1060. The second-order valence-electron chi connectivity index (χ2n) is 9.07. The van der Waals surface area contributed by atoms with Crippen LogP contribution in [0.25, 0.3) is 0 Å². The Balaban J connectivity index is 1.45. The van der Waals surface area contributed by atoms with Gasteiger partial charge < -0.3 is 10.1 Å². The van der Waals surface area contributed by atoms with Gasteiger partial charge in [0.05, 0.1) is 4.90 Å². The Kier molecular flexibility index (Phi) is 7.76. The Morgan fingerprint density at radius 2 is 1.61 bits per heavy atom. The summed E-state index contributed by atoms with van der Waals surface area (Å²) in [6.07, 6.45) is 0.816. The highest BCUT2D eigenvalue weighted by Crippen LogP contribution is 2.23. The number of benzene rings is 2. The molecule has 1 aliphatic heterocycles. The van der Waals surface area contributed by atoms with Gasteiger partial charge >= 0.3 is 6.09 Å². The quantitative estimate of drug-likeness (QED) is 0.663. The monoisotopic (exact) mass is 473 g/mol. The molecule has 2 N–H and O–H groups in total. The summed E-state index contributed by atoms with van der Waals surface area (Å²) < 4.78 is 32.2. The summed E-state index contributed by atoms with van der Waals surface area (Å²) in [4.78, 5) is 24.6. The maximum absolute atomic E-state index is 12.7. The summed E-state index contributed by atoms with van der Waals surface area (Å²) in [5.74, 6) is 0.00226. The molecule has 1 heterocycles. The number of carbonyl (C=O) groups excluding carboxylic acids is 2. The zero-order valence-corrected chi connectivity index (χ0v) is 20.0. The van der Waals surface area contributed by atoms with Crippen LogP contribution in [0.5, 0.6) is 0 Å². The van der Waals surface area contributed by atoms with Crippen molar-refractivity contribution in [3.8, 4) is 0 Å². The molecule has 33 heavy (non-hydrogen) atoms. The fourth-order valence-corrected chi connectivity index (χ4v) is 5.05. The number of nitrogens with zero attached hydrogens (tertiary/aromatic N) is 1. The number of anilines is 1. The van der Waals surface area contributed by atoms with Crippen LogP contribution >= 0.6 is 0 Å². The smallest absolute Gasteiger partial charge is 0.412 e. The Hall–Kier alpha value is -2.91. The van der Waals surface area contributed by atoms with E-state index in [0.29, 0.717) is 48.6 Å². The highest BCUT2D eigenvalue weighted by molar-refractivity contribution is 7.89. The first-order valence-electron chi connectivity index (χ1n) is 11.0. The van der Waals surface area contributed by atoms with E-state index in [1.54, 1.807) is 75.4 Å². The lowest BCUT2D eigenvalue weighted by Gasteiger charge is -2.31. The molecule has 3 rings (SSSR count). The molecule has 178 valence electrons. The van der Waals surface area contributed by atoms with Gasteiger partial charge in [-0.2, -0.15) is 4.31 Å². The molecule has 2 aromatic carbocycles. The van der Waals surface area contributed by atoms with E-state index in [1.165, 1.54) is 4.31 Å². The standard InChI is InChI=1S/C24H31N3O5S/c1-24(2,3)32-23(29)26-20-11-9-19(10-12-20)22(28)25-17-18-13-15-27(16-14-18)33(30,31)21-7-5-4-6-8-21/h4-12,18H,13-17H2,1-3H3,(H,25,28)(H,26,29). The van der Waals surface area contributed by atoms with E-state index in [0.717, 1.165) is 0 Å². The fraction of sp³-hybridized carbons (Fsp3) is 0.417. The molecule has 2 amide bonds. The number of rotatable bonds is 6. The molecule has 8 nitrogen and oxygen atoms in total. The molecule has 1 aliphatic rings. The minimum atomic E-state index is -3.48. The lowest BCUT2D eigenvalue weighted by atomic mass is 9.98. The van der Waals surface area contributed by atoms with Crippen molar-refractivity contribution < 1.29 is 22.7 Å². The normalized spacial score (nSPS) is 15.6. The maximum atomic E-state index is 12.7. The Morgan fingerprint density at radius 1 is 1.00 bits per heavy atom. The second kappa shape index (κ2) is 10.4. The molecule has 0 radical (unpaired) electrons. The molecule has 2 aromatic rings. The molecule has 0 saturated carbocycles. The lowest BCUT2D eigenvalue weighted by Crippen LogP contribution is -2.41. The van der Waals surface area contributed by atoms with Crippen LogP contribution in [0.3, 0.4) is 0 Å². The summed E-state index contributed by atoms with van der Waals surface area (Å²) in [5.41, 5.74) is 0.424. The number of carbonyl (C=O) groups is 2. The summed E-state index contributed by atoms with van der Waals surface area (Å²) >= 11 is 0. The summed E-state index contributed by atoms with van der Waals surface area (Å²) in [7, 11) is -3.48. The lowest BCUT2D eigenvalue weighted by molar-refractivity contribution is 0.0635. The summed E-state index contributed by atoms with van der Waals surface area (Å²) in [6, 6.07) is 15.0. The Labute approximate surface area is 195 Å². The van der Waals surface area contributed by atoms with E-state index < -0.39 is 21.7 Å². The van der Waals surface area contributed by atoms with Crippen molar-refractivity contribution in [2.45, 2.75) is 44.1 Å². The third kappa shape index (κ3) is 7.03. The molecule has 0 unspecified atom stereocenters. The molecule has 0 aromatic heterocycles. The van der Waals surface area contributed by atoms with Gasteiger partial charge in [-0.15, -0.1) is 0 Å². The number of nitrogens with one attached hydrogen (secondary N) is 2. The van der Waals surface area contributed by atoms with Gasteiger partial charge in [0.15, 0.2) is 0 Å². The van der Waals surface area contributed by atoms with Gasteiger partial charge in [-0.25, -0.2) is 13.2 Å². The molecular formula is C24H31N3O5S. The van der Waals surface area contributed by atoms with Crippen LogP contribution in [0.2, 0.25) is 0 Å². The van der Waals surface area contributed by atoms with E-state index in [-0.39, 0.29) is 11.8 Å². The maximum Gasteiger partial charge on any atom is 0.412 e. The van der Waals surface area contributed by atoms with E-state index >= 15 is 0 Å². The number of amides is 2. The van der Waals surface area contributed by atoms with Crippen LogP contribution in [0.15, 0.2) is 59.5 Å². The fourth-order valence-electron chi connectivity index (χ4n) is 3.56. The van der Waals surface area contributed by atoms with Crippen molar-refractivity contribution in [1.82, 2.24) is 9.62 Å². The SMILES string of the molecule is CC(C)(C)OC(=O)Nc1ccc(C(=O)NCC2CCN(S(=O)(=O)c3ccccc3)CC2)cc1. The van der Waals surface area contributed by atoms with Crippen molar-refractivity contribution in [3.05, 3.63) is 60.2 Å². The number of sulfonamides is 1. The molecule has 0 aliphatic carbocycles. The molecule has 1 fully saturated rings. The van der Waals surface area contributed by atoms with E-state index in [2.05, 4.69) is 10.6 Å². The van der Waals surface area contributed by atoms with Crippen LogP contribution in [-0.4, -0.2) is 50.0 Å². The van der Waals surface area contributed by atoms with Crippen LogP contribution in [0, 0.1) is 5.92 Å². The van der Waals surface area contributed by atoms with Crippen molar-refractivity contribution in [2.24, 2.45) is 5.92 Å². The van der Waals surface area contributed by atoms with Gasteiger partial charge in [0.2, 0.25) is 10.0 Å². The van der Waals surface area contributed by atoms with Gasteiger partial charge in [0.1, 0.15) is 5.60 Å². The molecule has 0 spiro atoms. The first-order valence-corrected chi connectivity index (χ1v) is 12.4. The van der Waals surface area contributed by atoms with Crippen LogP contribution < -0.4 is 10.6 Å². The largest absolute Gasteiger partial charge is 0.444 e. The summed E-state index contributed by atoms with van der Waals surface area (Å²) in [6.45, 7) is 6.70. The Morgan fingerprint density at radius 3 is 2.18 bits per heavy atom. The first kappa shape index (κ1) is 24.7. The van der Waals surface area contributed by atoms with Crippen molar-refractivity contribution >= 4 is 27.7 Å². The summed E-state index contributed by atoms with van der Waals surface area (Å²) in [5, 5.41) is 5.56. The van der Waals surface area contributed by atoms with Gasteiger partial charge in [0, 0.05) is 30.9 Å². The van der Waals surface area contributed by atoms with Crippen molar-refractivity contribution in [2.75, 3.05) is 25.0 Å². The third-order valence-electron chi connectivity index (χ3n) is 5.30. The number of piperidine rings is 1. The van der Waals surface area contributed by atoms with Crippen LogP contribution in [-0.2, 0) is 14.8 Å². The minimum Gasteiger partial charge on any atom is -0.444 e. The predicted molar refractivity (Wildman–Crippen MR) is 127 cm³/mol. The van der Waals surface area contributed by atoms with E-state index in [9.17, 15) is 18.0 Å². The van der Waals surface area contributed by atoms with Gasteiger partial charge in [-0.1, -0.05) is 18.2 Å². The number of ether oxygens (including phenoxy) is 1. The molecular weight excluding hydrogens is 442 g/mol. The van der Waals surface area contributed by atoms with Crippen LogP contribution in [0.4, 0.5) is 10.5 Å². The van der Waals surface area contributed by atoms with Crippen LogP contribution in [0.1, 0.15) is 44.0 Å². The van der Waals surface area contributed by atoms with Gasteiger partial charge in [-0.05, 0) is 75.9 Å². The molecule has 9 heteroatoms. The van der Waals surface area contributed by atoms with Gasteiger partial charge in [0.25, 0.3) is 5.91 Å². The zero-order chi connectivity index (χ0) is 24.1. The van der Waals surface area contributed by atoms with Crippen molar-refractivity contribution in [1.29, 1.82) is 0 Å². The number of hydrogen-bond donors (Lipinski definition) is 2. The van der Waals surface area contributed by atoms with E-state index in [4.69, 9.17) is 4.74 Å². The first-order chi connectivity index (χ1) is 15.5. The minimum absolute atomic E-state index is 0.210. The second-order valence-corrected chi connectivity index (χ2v) is 11.0. The predicted octanol–water partition coefficient (Wildman–Crippen LogP) is 3.86. The topological polar surface area (TPSA) is 105 Å². The van der Waals surface area contributed by atoms with E-state index in [1.807, 2.05) is 0 Å². The number of hydrogen-bond acceptors (Lipinski definition) is 5. The highest BCUT2D eigenvalue weighted by Gasteiger charge is 2.29. The average Bonchev–Trinajstić information content (AvgIpc) is 2.77. The third-order valence-corrected chi connectivity index (χ3v) is 7.21. The molecule has 0 atom stereocenters. The zero-order valence-electron chi connectivity index (χ0n) is 19.2. The van der Waals surface area contributed by atoms with Crippen molar-refractivity contribution in [3.63, 3.8) is 0 Å².